The van der Waals surface area contributed by atoms with Crippen molar-refractivity contribution in [2.24, 2.45) is 0 Å². The Labute approximate surface area is 156 Å². The molecule has 0 radical (unpaired) electrons. The molecule has 4 rings (SSSR count). The molecule has 5 nitrogen and oxygen atoms in total. The Hall–Kier alpha value is -2.92. The zero-order valence-corrected chi connectivity index (χ0v) is 15.6. The summed E-state index contributed by atoms with van der Waals surface area (Å²) in [6.07, 6.45) is 0. The number of fused-ring (bicyclic) bond motifs is 2. The van der Waals surface area contributed by atoms with E-state index in [0.29, 0.717) is 16.5 Å². The van der Waals surface area contributed by atoms with Gasteiger partial charge in [0, 0.05) is 6.54 Å². The van der Waals surface area contributed by atoms with Crippen molar-refractivity contribution in [1.82, 2.24) is 4.90 Å². The van der Waals surface area contributed by atoms with Gasteiger partial charge in [0.1, 0.15) is 5.58 Å². The third-order valence-electron chi connectivity index (χ3n) is 5.13. The highest BCUT2D eigenvalue weighted by Crippen LogP contribution is 2.38. The van der Waals surface area contributed by atoms with Crippen LogP contribution in [0, 0.1) is 20.8 Å². The van der Waals surface area contributed by atoms with E-state index < -0.39 is 6.04 Å². The SMILES string of the molecule is Cc1ccc(C2c3c(oc4c(C)cc(C)cc4c3=O)C(=O)N2CCO)cc1. The number of benzene rings is 2. The number of hydrogen-bond acceptors (Lipinski definition) is 4. The van der Waals surface area contributed by atoms with E-state index in [4.69, 9.17) is 4.42 Å². The van der Waals surface area contributed by atoms with Crippen LogP contribution in [-0.4, -0.2) is 29.1 Å². The van der Waals surface area contributed by atoms with Gasteiger partial charge in [-0.25, -0.2) is 0 Å². The van der Waals surface area contributed by atoms with Crippen LogP contribution in [0.25, 0.3) is 11.0 Å². The van der Waals surface area contributed by atoms with Crippen molar-refractivity contribution >= 4 is 16.9 Å². The molecule has 1 amide bonds. The highest BCUT2D eigenvalue weighted by atomic mass is 16.3. The maximum Gasteiger partial charge on any atom is 0.290 e. The highest BCUT2D eigenvalue weighted by Gasteiger charge is 2.42. The molecular formula is C22H21NO4. The molecule has 0 aliphatic carbocycles. The summed E-state index contributed by atoms with van der Waals surface area (Å²) < 4.78 is 5.96. The van der Waals surface area contributed by atoms with Crippen LogP contribution in [0.15, 0.2) is 45.6 Å². The van der Waals surface area contributed by atoms with Crippen molar-refractivity contribution in [1.29, 1.82) is 0 Å². The molecule has 0 spiro atoms. The summed E-state index contributed by atoms with van der Waals surface area (Å²) >= 11 is 0. The van der Waals surface area contributed by atoms with Gasteiger partial charge in [0.05, 0.1) is 23.6 Å². The molecule has 1 unspecified atom stereocenters. The number of nitrogens with zero attached hydrogens (tertiary/aromatic N) is 1. The number of hydrogen-bond donors (Lipinski definition) is 1. The second kappa shape index (κ2) is 6.35. The Kier molecular flexibility index (Phi) is 4.12. The average molecular weight is 363 g/mol. The highest BCUT2D eigenvalue weighted by molar-refractivity contribution is 5.99. The minimum Gasteiger partial charge on any atom is -0.450 e. The summed E-state index contributed by atoms with van der Waals surface area (Å²) in [5, 5.41) is 9.96. The molecule has 0 bridgehead atoms. The molecule has 1 N–H and O–H groups in total. The van der Waals surface area contributed by atoms with Crippen LogP contribution in [0.2, 0.25) is 0 Å². The van der Waals surface area contributed by atoms with E-state index >= 15 is 0 Å². The minimum absolute atomic E-state index is 0.0819. The number of aliphatic hydroxyl groups is 1. The first-order valence-corrected chi connectivity index (χ1v) is 8.98. The van der Waals surface area contributed by atoms with Crippen molar-refractivity contribution in [2.45, 2.75) is 26.8 Å². The number of rotatable bonds is 3. The zero-order chi connectivity index (χ0) is 19.3. The lowest BCUT2D eigenvalue weighted by Gasteiger charge is -2.24. The molecule has 1 aliphatic rings. The van der Waals surface area contributed by atoms with Crippen LogP contribution in [0.3, 0.4) is 0 Å². The van der Waals surface area contributed by atoms with Crippen molar-refractivity contribution in [3.8, 4) is 0 Å². The average Bonchev–Trinajstić information content (AvgIpc) is 2.90. The molecule has 1 aromatic heterocycles. The van der Waals surface area contributed by atoms with Gasteiger partial charge < -0.3 is 14.4 Å². The number of aryl methyl sites for hydroxylation is 3. The number of β-amino-alcohol motifs (C(OH)–C–C–N with tert-alkyl or cyclic N) is 1. The molecular weight excluding hydrogens is 342 g/mol. The van der Waals surface area contributed by atoms with Gasteiger partial charge in [-0.3, -0.25) is 9.59 Å². The number of carbonyl (C=O) groups is 1. The van der Waals surface area contributed by atoms with E-state index in [1.54, 1.807) is 6.07 Å². The van der Waals surface area contributed by atoms with Gasteiger partial charge in [-0.15, -0.1) is 0 Å². The van der Waals surface area contributed by atoms with Gasteiger partial charge in [0.15, 0.2) is 5.43 Å². The van der Waals surface area contributed by atoms with Crippen molar-refractivity contribution in [3.05, 3.63) is 80.2 Å². The van der Waals surface area contributed by atoms with E-state index in [0.717, 1.165) is 22.3 Å². The summed E-state index contributed by atoms with van der Waals surface area (Å²) in [5.41, 5.74) is 4.34. The maximum absolute atomic E-state index is 13.4. The van der Waals surface area contributed by atoms with Crippen molar-refractivity contribution < 1.29 is 14.3 Å². The molecule has 27 heavy (non-hydrogen) atoms. The predicted octanol–water partition coefficient (Wildman–Crippen LogP) is 3.26. The first kappa shape index (κ1) is 17.5. The fraction of sp³-hybridized carbons (Fsp3) is 0.273. The summed E-state index contributed by atoms with van der Waals surface area (Å²) in [6, 6.07) is 10.9. The van der Waals surface area contributed by atoms with Gasteiger partial charge in [0.25, 0.3) is 5.91 Å². The molecule has 5 heteroatoms. The van der Waals surface area contributed by atoms with E-state index in [-0.39, 0.29) is 30.2 Å². The predicted molar refractivity (Wildman–Crippen MR) is 103 cm³/mol. The van der Waals surface area contributed by atoms with Crippen LogP contribution in [-0.2, 0) is 0 Å². The third kappa shape index (κ3) is 2.66. The lowest BCUT2D eigenvalue weighted by molar-refractivity contribution is 0.0691. The summed E-state index contributed by atoms with van der Waals surface area (Å²) in [5.74, 6) is -0.276. The van der Waals surface area contributed by atoms with Crippen LogP contribution in [0.1, 0.15) is 44.4 Å². The van der Waals surface area contributed by atoms with Crippen LogP contribution in [0.4, 0.5) is 0 Å². The number of aliphatic hydroxyl groups excluding tert-OH is 1. The van der Waals surface area contributed by atoms with Crippen LogP contribution >= 0.6 is 0 Å². The lowest BCUT2D eigenvalue weighted by atomic mass is 9.97. The molecule has 2 aromatic carbocycles. The molecule has 1 atom stereocenters. The Bertz CT molecular complexity index is 1110. The smallest absolute Gasteiger partial charge is 0.290 e. The minimum atomic E-state index is -0.554. The molecule has 138 valence electrons. The quantitative estimate of drug-likeness (QED) is 0.775. The summed E-state index contributed by atoms with van der Waals surface area (Å²) in [6.45, 7) is 5.73. The molecule has 0 fully saturated rings. The van der Waals surface area contributed by atoms with Crippen LogP contribution < -0.4 is 5.43 Å². The van der Waals surface area contributed by atoms with Gasteiger partial charge in [-0.05, 0) is 43.5 Å². The monoisotopic (exact) mass is 363 g/mol. The molecule has 2 heterocycles. The largest absolute Gasteiger partial charge is 0.450 e. The normalized spacial score (nSPS) is 16.2. The second-order valence-electron chi connectivity index (χ2n) is 7.17. The number of carbonyl (C=O) groups excluding carboxylic acids is 1. The van der Waals surface area contributed by atoms with Gasteiger partial charge in [-0.2, -0.15) is 0 Å². The van der Waals surface area contributed by atoms with Gasteiger partial charge in [0.2, 0.25) is 5.76 Å². The van der Waals surface area contributed by atoms with E-state index in [1.807, 2.05) is 51.1 Å². The van der Waals surface area contributed by atoms with E-state index in [1.165, 1.54) is 4.90 Å². The fourth-order valence-corrected chi connectivity index (χ4v) is 3.91. The third-order valence-corrected chi connectivity index (χ3v) is 5.13. The first-order chi connectivity index (χ1) is 12.9. The number of amides is 1. The molecule has 0 saturated heterocycles. The lowest BCUT2D eigenvalue weighted by Crippen LogP contribution is -2.32. The second-order valence-corrected chi connectivity index (χ2v) is 7.17. The van der Waals surface area contributed by atoms with Crippen molar-refractivity contribution in [2.75, 3.05) is 13.2 Å². The van der Waals surface area contributed by atoms with Crippen molar-refractivity contribution in [3.63, 3.8) is 0 Å². The maximum atomic E-state index is 13.4. The Balaban J connectivity index is 2.04. The Morgan fingerprint density at radius 2 is 1.74 bits per heavy atom. The van der Waals surface area contributed by atoms with E-state index in [2.05, 4.69) is 0 Å². The molecule has 3 aromatic rings. The summed E-state index contributed by atoms with van der Waals surface area (Å²) in [4.78, 5) is 27.9. The fourth-order valence-electron chi connectivity index (χ4n) is 3.91. The standard InChI is InChI=1S/C22H21NO4/c1-12-4-6-15(7-5-12)18-17-19(25)16-11-13(2)10-14(3)20(16)27-21(17)22(26)23(18)8-9-24/h4-7,10-11,18,24H,8-9H2,1-3H3. The summed E-state index contributed by atoms with van der Waals surface area (Å²) in [7, 11) is 0. The zero-order valence-electron chi connectivity index (χ0n) is 15.6. The molecule has 0 saturated carbocycles. The Morgan fingerprint density at radius 1 is 1.04 bits per heavy atom. The first-order valence-electron chi connectivity index (χ1n) is 8.98. The van der Waals surface area contributed by atoms with Gasteiger partial charge >= 0.3 is 0 Å². The van der Waals surface area contributed by atoms with Gasteiger partial charge in [-0.1, -0.05) is 35.9 Å². The molecule has 1 aliphatic heterocycles. The van der Waals surface area contributed by atoms with Crippen LogP contribution in [0.5, 0.6) is 0 Å². The van der Waals surface area contributed by atoms with E-state index in [9.17, 15) is 14.7 Å². The topological polar surface area (TPSA) is 70.8 Å². The Morgan fingerprint density at radius 3 is 2.41 bits per heavy atom.